The van der Waals surface area contributed by atoms with Crippen LogP contribution in [0.1, 0.15) is 62.1 Å². The van der Waals surface area contributed by atoms with E-state index in [2.05, 4.69) is 0 Å². The first-order chi connectivity index (χ1) is 29.5. The van der Waals surface area contributed by atoms with Crippen molar-refractivity contribution in [3.05, 3.63) is 197 Å². The van der Waals surface area contributed by atoms with E-state index in [1.54, 1.807) is 72.8 Å². The average Bonchev–Trinajstić information content (AvgIpc) is 3.26. The standard InChI is InChI=1S/C48H30O13/c49-42-37(43(50)51)27-36(32-23-13-25-34(45(54)58-28-15-5-1-6-16-28)39(32)47(56)60-30-19-9-3-10-20-30)38(41(42)44(52)53)33-24-14-26-35(46(55)59-29-17-7-2-8-18-29)40(33)48(57)61-31-21-11-4-12-22-31/h1-27,49H,(H,50,51)(H,52,53). The van der Waals surface area contributed by atoms with Gasteiger partial charge in [0.1, 0.15) is 39.9 Å². The topological polar surface area (TPSA) is 200 Å². The highest BCUT2D eigenvalue weighted by molar-refractivity contribution is 6.17. The predicted molar refractivity (Wildman–Crippen MR) is 218 cm³/mol. The number of aromatic carboxylic acids is 2. The molecule has 300 valence electrons. The van der Waals surface area contributed by atoms with E-state index in [1.807, 2.05) is 0 Å². The Morgan fingerprint density at radius 1 is 0.344 bits per heavy atom. The van der Waals surface area contributed by atoms with Crippen LogP contribution in [0, 0.1) is 0 Å². The van der Waals surface area contributed by atoms with Gasteiger partial charge in [0.25, 0.3) is 0 Å². The minimum atomic E-state index is -1.87. The van der Waals surface area contributed by atoms with Crippen LogP contribution in [-0.4, -0.2) is 51.1 Å². The third kappa shape index (κ3) is 8.71. The number of carbonyl (C=O) groups excluding carboxylic acids is 4. The van der Waals surface area contributed by atoms with Gasteiger partial charge in [0.15, 0.2) is 0 Å². The number of benzene rings is 7. The number of carboxylic acid groups (broad SMARTS) is 2. The van der Waals surface area contributed by atoms with Gasteiger partial charge in [0, 0.05) is 5.56 Å². The summed E-state index contributed by atoms with van der Waals surface area (Å²) in [5, 5.41) is 32.5. The molecule has 0 atom stereocenters. The summed E-state index contributed by atoms with van der Waals surface area (Å²) in [5.41, 5.74) is -5.47. The van der Waals surface area contributed by atoms with Crippen molar-refractivity contribution in [2.24, 2.45) is 0 Å². The van der Waals surface area contributed by atoms with Crippen LogP contribution in [0.4, 0.5) is 0 Å². The Bertz CT molecular complexity index is 2820. The van der Waals surface area contributed by atoms with Gasteiger partial charge in [-0.05, 0) is 83.4 Å². The fourth-order valence-corrected chi connectivity index (χ4v) is 6.45. The molecule has 0 aliphatic carbocycles. The minimum Gasteiger partial charge on any atom is -0.506 e. The molecule has 0 unspecified atom stereocenters. The molecule has 0 bridgehead atoms. The quantitative estimate of drug-likeness (QED) is 0.0780. The molecule has 0 saturated carbocycles. The SMILES string of the molecule is O=C(O)c1cc(-c2cccc(C(=O)Oc3ccccc3)c2C(=O)Oc2ccccc2)c(-c2cccc(C(=O)Oc3ccccc3)c2C(=O)Oc2ccccc2)c(C(=O)O)c1O. The zero-order valence-corrected chi connectivity index (χ0v) is 31.5. The number of carbonyl (C=O) groups is 6. The second kappa shape index (κ2) is 17.7. The van der Waals surface area contributed by atoms with Crippen LogP contribution in [0.15, 0.2) is 164 Å². The lowest BCUT2D eigenvalue weighted by Gasteiger charge is -2.22. The average molecular weight is 815 g/mol. The Labute approximate surface area is 346 Å². The first kappa shape index (κ1) is 40.4. The lowest BCUT2D eigenvalue weighted by molar-refractivity contribution is 0.0684. The van der Waals surface area contributed by atoms with Crippen molar-refractivity contribution in [2.45, 2.75) is 0 Å². The van der Waals surface area contributed by atoms with Crippen molar-refractivity contribution in [3.8, 4) is 51.0 Å². The monoisotopic (exact) mass is 814 g/mol. The summed E-state index contributed by atoms with van der Waals surface area (Å²) in [6.07, 6.45) is 0. The largest absolute Gasteiger partial charge is 0.506 e. The van der Waals surface area contributed by atoms with Crippen LogP contribution in [0.25, 0.3) is 22.3 Å². The van der Waals surface area contributed by atoms with Crippen LogP contribution < -0.4 is 18.9 Å². The Balaban J connectivity index is 1.55. The fourth-order valence-electron chi connectivity index (χ4n) is 6.45. The Morgan fingerprint density at radius 2 is 0.705 bits per heavy atom. The zero-order valence-electron chi connectivity index (χ0n) is 31.5. The lowest BCUT2D eigenvalue weighted by Crippen LogP contribution is -2.20. The van der Waals surface area contributed by atoms with Crippen LogP contribution in [0.5, 0.6) is 28.7 Å². The number of carboxylic acids is 2. The summed E-state index contributed by atoms with van der Waals surface area (Å²) in [4.78, 5) is 82.7. The number of esters is 4. The Kier molecular flexibility index (Phi) is 11.7. The van der Waals surface area contributed by atoms with Gasteiger partial charge in [-0.3, -0.25) is 0 Å². The van der Waals surface area contributed by atoms with E-state index in [1.165, 1.54) is 84.9 Å². The molecular formula is C48H30O13. The molecule has 0 aliphatic heterocycles. The summed E-state index contributed by atoms with van der Waals surface area (Å²) in [5.74, 6) is -9.07. The van der Waals surface area contributed by atoms with Crippen molar-refractivity contribution in [1.82, 2.24) is 0 Å². The van der Waals surface area contributed by atoms with Gasteiger partial charge in [-0.15, -0.1) is 0 Å². The molecule has 0 fully saturated rings. The Morgan fingerprint density at radius 3 is 1.08 bits per heavy atom. The summed E-state index contributed by atoms with van der Waals surface area (Å²) < 4.78 is 22.6. The third-order valence-electron chi connectivity index (χ3n) is 9.10. The van der Waals surface area contributed by atoms with Gasteiger partial charge in [-0.2, -0.15) is 0 Å². The van der Waals surface area contributed by atoms with Gasteiger partial charge >= 0.3 is 35.8 Å². The number of ether oxygens (including phenoxy) is 4. The van der Waals surface area contributed by atoms with E-state index in [-0.39, 0.29) is 39.7 Å². The molecule has 0 spiro atoms. The summed E-state index contributed by atoms with van der Waals surface area (Å²) >= 11 is 0. The van der Waals surface area contributed by atoms with Gasteiger partial charge in [-0.1, -0.05) is 97.1 Å². The molecule has 0 heterocycles. The number of para-hydroxylation sites is 4. The first-order valence-electron chi connectivity index (χ1n) is 18.2. The van der Waals surface area contributed by atoms with Crippen LogP contribution in [0.3, 0.4) is 0 Å². The summed E-state index contributed by atoms with van der Waals surface area (Å²) in [6.45, 7) is 0. The zero-order chi connectivity index (χ0) is 43.0. The third-order valence-corrected chi connectivity index (χ3v) is 9.10. The number of aromatic hydroxyl groups is 1. The van der Waals surface area contributed by atoms with E-state index in [0.29, 0.717) is 0 Å². The predicted octanol–water partition coefficient (Wildman–Crippen LogP) is 9.00. The van der Waals surface area contributed by atoms with Crippen LogP contribution in [-0.2, 0) is 0 Å². The van der Waals surface area contributed by atoms with Gasteiger partial charge in [0.05, 0.1) is 22.3 Å². The molecule has 7 aromatic rings. The molecule has 3 N–H and O–H groups in total. The minimum absolute atomic E-state index is 0.0306. The number of hydrogen-bond acceptors (Lipinski definition) is 11. The molecule has 7 rings (SSSR count). The van der Waals surface area contributed by atoms with Crippen LogP contribution in [0.2, 0.25) is 0 Å². The molecule has 0 saturated heterocycles. The lowest BCUT2D eigenvalue weighted by atomic mass is 9.82. The van der Waals surface area contributed by atoms with Gasteiger partial charge in [-0.25, -0.2) is 28.8 Å². The molecule has 0 radical (unpaired) electrons. The van der Waals surface area contributed by atoms with Crippen molar-refractivity contribution < 1.29 is 63.0 Å². The maximum Gasteiger partial charge on any atom is 0.345 e. The smallest absolute Gasteiger partial charge is 0.345 e. The summed E-state index contributed by atoms with van der Waals surface area (Å²) in [6, 6.07) is 39.7. The molecule has 0 aliphatic rings. The normalized spacial score (nSPS) is 10.6. The van der Waals surface area contributed by atoms with E-state index in [0.717, 1.165) is 6.07 Å². The fraction of sp³-hybridized carbons (Fsp3) is 0. The molecular weight excluding hydrogens is 785 g/mol. The summed E-state index contributed by atoms with van der Waals surface area (Å²) in [7, 11) is 0. The number of rotatable bonds is 12. The van der Waals surface area contributed by atoms with Crippen molar-refractivity contribution in [3.63, 3.8) is 0 Å². The number of phenols is 1. The van der Waals surface area contributed by atoms with Gasteiger partial charge in [0.2, 0.25) is 0 Å². The van der Waals surface area contributed by atoms with E-state index in [4.69, 9.17) is 18.9 Å². The molecule has 61 heavy (non-hydrogen) atoms. The molecule has 0 amide bonds. The van der Waals surface area contributed by atoms with Crippen molar-refractivity contribution in [1.29, 1.82) is 0 Å². The maximum absolute atomic E-state index is 14.4. The highest BCUT2D eigenvalue weighted by atomic mass is 16.6. The van der Waals surface area contributed by atoms with Crippen molar-refractivity contribution >= 4 is 35.8 Å². The van der Waals surface area contributed by atoms with E-state index < -0.39 is 80.5 Å². The van der Waals surface area contributed by atoms with E-state index in [9.17, 15) is 44.1 Å². The first-order valence-corrected chi connectivity index (χ1v) is 18.2. The maximum atomic E-state index is 14.4. The molecule has 0 aromatic heterocycles. The highest BCUT2D eigenvalue weighted by Crippen LogP contribution is 2.45. The molecule has 7 aromatic carbocycles. The van der Waals surface area contributed by atoms with Crippen LogP contribution >= 0.6 is 0 Å². The molecule has 13 heteroatoms. The van der Waals surface area contributed by atoms with Gasteiger partial charge < -0.3 is 34.3 Å². The second-order valence-electron chi connectivity index (χ2n) is 12.9. The highest BCUT2D eigenvalue weighted by Gasteiger charge is 2.35. The van der Waals surface area contributed by atoms with E-state index >= 15 is 0 Å². The molecule has 13 nitrogen and oxygen atoms in total. The van der Waals surface area contributed by atoms with Crippen molar-refractivity contribution in [2.75, 3.05) is 0 Å². The number of hydrogen-bond donors (Lipinski definition) is 3. The second-order valence-corrected chi connectivity index (χ2v) is 12.9. The Hall–Kier alpha value is -8.84.